The molecule has 1 aliphatic carbocycles. The zero-order chi connectivity index (χ0) is 20.3. The largest absolute Gasteiger partial charge is 0.508 e. The van der Waals surface area contributed by atoms with Gasteiger partial charge in [0.25, 0.3) is 5.91 Å². The van der Waals surface area contributed by atoms with Gasteiger partial charge in [0.2, 0.25) is 5.91 Å². The van der Waals surface area contributed by atoms with Crippen molar-refractivity contribution in [3.63, 3.8) is 0 Å². The van der Waals surface area contributed by atoms with Crippen LogP contribution in [0.15, 0.2) is 48.5 Å². The molecule has 0 aromatic heterocycles. The summed E-state index contributed by atoms with van der Waals surface area (Å²) in [5, 5.41) is 12.4. The highest BCUT2D eigenvalue weighted by molar-refractivity contribution is 5.99. The highest BCUT2D eigenvalue weighted by atomic mass is 16.3. The second-order valence-electron chi connectivity index (χ2n) is 8.28. The Balaban J connectivity index is 1.41. The molecule has 1 fully saturated rings. The Morgan fingerprint density at radius 2 is 1.76 bits per heavy atom. The lowest BCUT2D eigenvalue weighted by Gasteiger charge is -2.44. The van der Waals surface area contributed by atoms with Gasteiger partial charge < -0.3 is 15.3 Å². The van der Waals surface area contributed by atoms with E-state index in [1.807, 2.05) is 41.3 Å². The molecule has 5 nitrogen and oxygen atoms in total. The van der Waals surface area contributed by atoms with E-state index < -0.39 is 0 Å². The highest BCUT2D eigenvalue weighted by Crippen LogP contribution is 2.41. The molecule has 0 radical (unpaired) electrons. The molecule has 0 bridgehead atoms. The van der Waals surface area contributed by atoms with Crippen LogP contribution in [-0.2, 0) is 17.8 Å². The van der Waals surface area contributed by atoms with Gasteiger partial charge >= 0.3 is 0 Å². The van der Waals surface area contributed by atoms with Crippen LogP contribution in [0.5, 0.6) is 5.75 Å². The monoisotopic (exact) mass is 392 g/mol. The summed E-state index contributed by atoms with van der Waals surface area (Å²) in [6, 6.07) is 14.8. The normalized spacial score (nSPS) is 17.8. The Bertz CT molecular complexity index is 885. The first-order valence-electron chi connectivity index (χ1n) is 10.5. The van der Waals surface area contributed by atoms with Crippen LogP contribution in [0.1, 0.15) is 60.0 Å². The number of amides is 2. The fourth-order valence-electron chi connectivity index (χ4n) is 4.76. The lowest BCUT2D eigenvalue weighted by atomic mass is 9.77. The minimum atomic E-state index is -0.378. The van der Waals surface area contributed by atoms with E-state index in [1.165, 1.54) is 6.42 Å². The van der Waals surface area contributed by atoms with Crippen LogP contribution in [0.25, 0.3) is 0 Å². The summed E-state index contributed by atoms with van der Waals surface area (Å²) in [5.41, 5.74) is 2.54. The molecule has 1 saturated carbocycles. The first kappa shape index (κ1) is 19.5. The number of nitrogens with zero attached hydrogens (tertiary/aromatic N) is 1. The number of carbonyl (C=O) groups excluding carboxylic acids is 2. The molecule has 2 aromatic carbocycles. The second kappa shape index (κ2) is 8.27. The van der Waals surface area contributed by atoms with E-state index in [1.54, 1.807) is 12.1 Å². The molecule has 0 atom stereocenters. The summed E-state index contributed by atoms with van der Waals surface area (Å²) >= 11 is 0. The van der Waals surface area contributed by atoms with Crippen LogP contribution in [0.2, 0.25) is 0 Å². The van der Waals surface area contributed by atoms with Crippen LogP contribution in [0.3, 0.4) is 0 Å². The van der Waals surface area contributed by atoms with Crippen molar-refractivity contribution in [3.05, 3.63) is 65.2 Å². The van der Waals surface area contributed by atoms with Gasteiger partial charge in [0.1, 0.15) is 5.75 Å². The van der Waals surface area contributed by atoms with Gasteiger partial charge in [-0.2, -0.15) is 0 Å². The smallest absolute Gasteiger partial charge is 0.254 e. The minimum absolute atomic E-state index is 0.00874. The predicted octanol–water partition coefficient (Wildman–Crippen LogP) is 3.80. The molecule has 2 amide bonds. The minimum Gasteiger partial charge on any atom is -0.508 e. The maximum absolute atomic E-state index is 13.1. The van der Waals surface area contributed by atoms with Gasteiger partial charge in [-0.25, -0.2) is 0 Å². The fraction of sp³-hybridized carbons (Fsp3) is 0.417. The number of fused-ring (bicyclic) bond motifs is 1. The third-order valence-corrected chi connectivity index (χ3v) is 6.34. The quantitative estimate of drug-likeness (QED) is 0.786. The zero-order valence-corrected chi connectivity index (χ0v) is 16.7. The number of phenolic OH excluding ortho intramolecular Hbond substituents is 1. The van der Waals surface area contributed by atoms with Gasteiger partial charge in [-0.3, -0.25) is 9.59 Å². The first-order chi connectivity index (χ1) is 14.1. The average Bonchev–Trinajstić information content (AvgIpc) is 3.08. The summed E-state index contributed by atoms with van der Waals surface area (Å²) in [7, 11) is 0. The van der Waals surface area contributed by atoms with Crippen molar-refractivity contribution in [1.29, 1.82) is 0 Å². The zero-order valence-electron chi connectivity index (χ0n) is 16.7. The summed E-state index contributed by atoms with van der Waals surface area (Å²) in [4.78, 5) is 27.9. The Kier molecular flexibility index (Phi) is 5.56. The molecule has 1 heterocycles. The van der Waals surface area contributed by atoms with E-state index in [0.29, 0.717) is 25.9 Å². The maximum atomic E-state index is 13.1. The van der Waals surface area contributed by atoms with Crippen molar-refractivity contribution in [2.75, 3.05) is 6.54 Å². The van der Waals surface area contributed by atoms with E-state index in [-0.39, 0.29) is 23.1 Å². The number of carbonyl (C=O) groups is 2. The molecule has 2 aromatic rings. The molecular weight excluding hydrogens is 364 g/mol. The molecule has 0 spiro atoms. The first-order valence-corrected chi connectivity index (χ1v) is 10.5. The average molecular weight is 392 g/mol. The lowest BCUT2D eigenvalue weighted by molar-refractivity contribution is -0.124. The Morgan fingerprint density at radius 1 is 1.03 bits per heavy atom. The fourth-order valence-corrected chi connectivity index (χ4v) is 4.76. The molecule has 4 rings (SSSR count). The molecule has 1 aliphatic heterocycles. The summed E-state index contributed by atoms with van der Waals surface area (Å²) in [6.07, 6.45) is 6.13. The number of hydrogen-bond acceptors (Lipinski definition) is 3. The van der Waals surface area contributed by atoms with Crippen LogP contribution in [-0.4, -0.2) is 33.9 Å². The van der Waals surface area contributed by atoms with Gasteiger partial charge in [-0.15, -0.1) is 0 Å². The van der Waals surface area contributed by atoms with Crippen molar-refractivity contribution in [2.24, 2.45) is 0 Å². The number of benzene rings is 2. The van der Waals surface area contributed by atoms with Gasteiger partial charge in [0.15, 0.2) is 0 Å². The van der Waals surface area contributed by atoms with Crippen molar-refractivity contribution < 1.29 is 14.7 Å². The predicted molar refractivity (Wildman–Crippen MR) is 112 cm³/mol. The molecule has 2 aliphatic rings. The van der Waals surface area contributed by atoms with Gasteiger partial charge in [0.05, 0.1) is 5.54 Å². The molecule has 29 heavy (non-hydrogen) atoms. The Morgan fingerprint density at radius 3 is 2.48 bits per heavy atom. The van der Waals surface area contributed by atoms with Crippen molar-refractivity contribution >= 4 is 11.8 Å². The number of nitrogens with one attached hydrogen (secondary N) is 1. The molecule has 152 valence electrons. The van der Waals surface area contributed by atoms with E-state index in [4.69, 9.17) is 0 Å². The van der Waals surface area contributed by atoms with E-state index in [0.717, 1.165) is 42.4 Å². The van der Waals surface area contributed by atoms with Gasteiger partial charge in [-0.1, -0.05) is 49.6 Å². The van der Waals surface area contributed by atoms with Crippen LogP contribution in [0.4, 0.5) is 0 Å². The van der Waals surface area contributed by atoms with E-state index in [9.17, 15) is 14.7 Å². The number of hydrogen-bond donors (Lipinski definition) is 2. The highest BCUT2D eigenvalue weighted by Gasteiger charge is 2.45. The number of aromatic hydroxyl groups is 1. The van der Waals surface area contributed by atoms with E-state index in [2.05, 4.69) is 5.32 Å². The topological polar surface area (TPSA) is 69.6 Å². The van der Waals surface area contributed by atoms with Crippen molar-refractivity contribution in [2.45, 2.75) is 57.0 Å². The van der Waals surface area contributed by atoms with Crippen molar-refractivity contribution in [1.82, 2.24) is 10.2 Å². The standard InChI is InChI=1S/C24H28N2O3/c27-20-10-8-18(9-11-20)12-15-25-22(28)16-24(13-4-1-5-14-24)26-17-19-6-2-3-7-21(19)23(26)29/h2-3,6-11,27H,1,4-5,12-17H2,(H,25,28). The summed E-state index contributed by atoms with van der Waals surface area (Å²) in [5.74, 6) is 0.321. The molecule has 0 saturated heterocycles. The van der Waals surface area contributed by atoms with Gasteiger partial charge in [0, 0.05) is 25.1 Å². The molecular formula is C24H28N2O3. The summed E-state index contributed by atoms with van der Waals surface area (Å²) in [6.45, 7) is 1.16. The Labute approximate surface area is 171 Å². The lowest BCUT2D eigenvalue weighted by Crippen LogP contribution is -2.52. The molecule has 0 unspecified atom stereocenters. The third-order valence-electron chi connectivity index (χ3n) is 6.34. The SMILES string of the molecule is O=C(CC1(N2Cc3ccccc3C2=O)CCCCC1)NCCc1ccc(O)cc1. The summed E-state index contributed by atoms with van der Waals surface area (Å²) < 4.78 is 0. The third kappa shape index (κ3) is 4.14. The molecule has 5 heteroatoms. The van der Waals surface area contributed by atoms with Gasteiger partial charge in [-0.05, 0) is 48.6 Å². The van der Waals surface area contributed by atoms with E-state index >= 15 is 0 Å². The second-order valence-corrected chi connectivity index (χ2v) is 8.28. The Hall–Kier alpha value is -2.82. The maximum Gasteiger partial charge on any atom is 0.254 e. The van der Waals surface area contributed by atoms with Crippen LogP contribution < -0.4 is 5.32 Å². The number of rotatable bonds is 6. The number of phenols is 1. The molecule has 2 N–H and O–H groups in total. The van der Waals surface area contributed by atoms with Crippen molar-refractivity contribution in [3.8, 4) is 5.75 Å². The van der Waals surface area contributed by atoms with Crippen LogP contribution in [0, 0.1) is 0 Å². The van der Waals surface area contributed by atoms with Crippen LogP contribution >= 0.6 is 0 Å².